The second kappa shape index (κ2) is 7.96. The Kier molecular flexibility index (Phi) is 5.69. The Labute approximate surface area is 150 Å². The summed E-state index contributed by atoms with van der Waals surface area (Å²) in [5.41, 5.74) is 2.25. The molecule has 0 aromatic heterocycles. The third-order valence-electron chi connectivity index (χ3n) is 4.36. The highest BCUT2D eigenvalue weighted by Gasteiger charge is 2.38. The van der Waals surface area contributed by atoms with Gasteiger partial charge in [0.2, 0.25) is 0 Å². The van der Waals surface area contributed by atoms with Crippen molar-refractivity contribution in [3.05, 3.63) is 84.4 Å². The van der Waals surface area contributed by atoms with Gasteiger partial charge in [-0.15, -0.1) is 6.58 Å². The molecule has 2 atom stereocenters. The molecule has 132 valence electrons. The Morgan fingerprint density at radius 3 is 2.08 bits per heavy atom. The van der Waals surface area contributed by atoms with Crippen molar-refractivity contribution < 1.29 is 14.2 Å². The van der Waals surface area contributed by atoms with E-state index in [-0.39, 0.29) is 18.3 Å². The lowest BCUT2D eigenvalue weighted by Gasteiger charge is -2.29. The van der Waals surface area contributed by atoms with Crippen molar-refractivity contribution in [2.24, 2.45) is 0 Å². The Balaban J connectivity index is 1.86. The van der Waals surface area contributed by atoms with Gasteiger partial charge >= 0.3 is 0 Å². The van der Waals surface area contributed by atoms with Crippen LogP contribution in [-0.4, -0.2) is 24.6 Å². The summed E-state index contributed by atoms with van der Waals surface area (Å²) in [5, 5.41) is 0. The van der Waals surface area contributed by atoms with Crippen LogP contribution >= 0.6 is 0 Å². The molecule has 2 aromatic carbocycles. The minimum atomic E-state index is -0.567. The van der Waals surface area contributed by atoms with Crippen LogP contribution in [0.25, 0.3) is 0 Å². The fourth-order valence-corrected chi connectivity index (χ4v) is 3.14. The van der Waals surface area contributed by atoms with Crippen LogP contribution in [0.1, 0.15) is 37.5 Å². The minimum Gasteiger partial charge on any atom is -0.362 e. The predicted molar refractivity (Wildman–Crippen MR) is 99.3 cm³/mol. The highest BCUT2D eigenvalue weighted by atomic mass is 16.7. The Morgan fingerprint density at radius 1 is 1.08 bits per heavy atom. The highest BCUT2D eigenvalue weighted by molar-refractivity contribution is 5.30. The van der Waals surface area contributed by atoms with Crippen LogP contribution in [0.5, 0.6) is 0 Å². The Bertz CT molecular complexity index is 627. The molecule has 2 aromatic rings. The number of benzene rings is 2. The Hall–Kier alpha value is -1.94. The molecule has 0 spiro atoms. The third-order valence-corrected chi connectivity index (χ3v) is 4.36. The zero-order chi connectivity index (χ0) is 17.7. The molecule has 3 heteroatoms. The fourth-order valence-electron chi connectivity index (χ4n) is 3.14. The molecule has 0 bridgehead atoms. The first-order valence-corrected chi connectivity index (χ1v) is 8.77. The molecule has 0 amide bonds. The van der Waals surface area contributed by atoms with Gasteiger partial charge in [0.25, 0.3) is 0 Å². The molecule has 1 aliphatic rings. The van der Waals surface area contributed by atoms with Crippen molar-refractivity contribution >= 4 is 0 Å². The second-order valence-electron chi connectivity index (χ2n) is 6.77. The van der Waals surface area contributed by atoms with E-state index in [9.17, 15) is 0 Å². The maximum absolute atomic E-state index is 6.56. The van der Waals surface area contributed by atoms with Gasteiger partial charge in [-0.1, -0.05) is 66.7 Å². The average molecular weight is 338 g/mol. The van der Waals surface area contributed by atoms with Crippen molar-refractivity contribution in [1.29, 1.82) is 0 Å². The predicted octanol–water partition coefficient (Wildman–Crippen LogP) is 4.89. The maximum Gasteiger partial charge on any atom is 0.163 e. The van der Waals surface area contributed by atoms with E-state index in [1.165, 1.54) is 0 Å². The molecule has 0 saturated carbocycles. The molecule has 1 saturated heterocycles. The number of hydrogen-bond acceptors (Lipinski definition) is 3. The van der Waals surface area contributed by atoms with Crippen molar-refractivity contribution in [2.75, 3.05) is 6.61 Å². The summed E-state index contributed by atoms with van der Waals surface area (Å²) in [5.74, 6) is -0.567. The summed E-state index contributed by atoms with van der Waals surface area (Å²) in [7, 11) is 0. The van der Waals surface area contributed by atoms with Crippen molar-refractivity contribution in [3.63, 3.8) is 0 Å². The Morgan fingerprint density at radius 2 is 1.64 bits per heavy atom. The van der Waals surface area contributed by atoms with Gasteiger partial charge in [0.05, 0.1) is 12.7 Å². The first-order valence-electron chi connectivity index (χ1n) is 8.77. The molecule has 0 aliphatic carbocycles. The molecular weight excluding hydrogens is 312 g/mol. The summed E-state index contributed by atoms with van der Waals surface area (Å²) in [6.45, 7) is 8.28. The summed E-state index contributed by atoms with van der Waals surface area (Å²) in [6, 6.07) is 20.6. The van der Waals surface area contributed by atoms with Gasteiger partial charge in [0.1, 0.15) is 12.2 Å². The minimum absolute atomic E-state index is 0.108. The van der Waals surface area contributed by atoms with Gasteiger partial charge in [0.15, 0.2) is 5.79 Å². The van der Waals surface area contributed by atoms with Crippen molar-refractivity contribution in [1.82, 2.24) is 0 Å². The van der Waals surface area contributed by atoms with E-state index in [0.717, 1.165) is 11.1 Å². The summed E-state index contributed by atoms with van der Waals surface area (Å²) < 4.78 is 18.3. The SMILES string of the molecule is C=CC[C@H](OC(c1ccccc1)c1ccccc1)[C@H]1COC(C)(C)O1. The number of ether oxygens (including phenoxy) is 3. The maximum atomic E-state index is 6.56. The van der Waals surface area contributed by atoms with Crippen molar-refractivity contribution in [2.45, 2.75) is 44.4 Å². The number of rotatable bonds is 7. The van der Waals surface area contributed by atoms with E-state index in [0.29, 0.717) is 13.0 Å². The third kappa shape index (κ3) is 4.57. The van der Waals surface area contributed by atoms with Gasteiger partial charge < -0.3 is 14.2 Å². The summed E-state index contributed by atoms with van der Waals surface area (Å²) >= 11 is 0. The van der Waals surface area contributed by atoms with Gasteiger partial charge in [-0.2, -0.15) is 0 Å². The monoisotopic (exact) mass is 338 g/mol. The number of hydrogen-bond donors (Lipinski definition) is 0. The first kappa shape index (κ1) is 17.9. The van der Waals surface area contributed by atoms with Crippen LogP contribution in [-0.2, 0) is 14.2 Å². The summed E-state index contributed by atoms with van der Waals surface area (Å²) in [6.07, 6.45) is 2.21. The molecule has 3 rings (SSSR count). The molecule has 0 unspecified atom stereocenters. The molecule has 3 nitrogen and oxygen atoms in total. The highest BCUT2D eigenvalue weighted by Crippen LogP contribution is 2.33. The second-order valence-corrected chi connectivity index (χ2v) is 6.77. The van der Waals surface area contributed by atoms with Crippen LogP contribution in [0.2, 0.25) is 0 Å². The van der Waals surface area contributed by atoms with E-state index in [1.54, 1.807) is 0 Å². The van der Waals surface area contributed by atoms with E-state index >= 15 is 0 Å². The van der Waals surface area contributed by atoms with E-state index in [1.807, 2.05) is 56.3 Å². The standard InChI is InChI=1S/C22H26O3/c1-4-11-19(20-16-23-22(2,3)25-20)24-21(17-12-7-5-8-13-17)18-14-9-6-10-15-18/h4-10,12-15,19-21H,1,11,16H2,2-3H3/t19-,20+/m0/s1. The van der Waals surface area contributed by atoms with Crippen LogP contribution in [0, 0.1) is 0 Å². The van der Waals surface area contributed by atoms with E-state index < -0.39 is 5.79 Å². The van der Waals surface area contributed by atoms with Crippen molar-refractivity contribution in [3.8, 4) is 0 Å². The molecule has 0 radical (unpaired) electrons. The molecule has 1 heterocycles. The van der Waals surface area contributed by atoms with Gasteiger partial charge in [-0.05, 0) is 31.4 Å². The molecular formula is C22H26O3. The van der Waals surface area contributed by atoms with Crippen LogP contribution in [0.15, 0.2) is 73.3 Å². The van der Waals surface area contributed by atoms with Crippen LogP contribution in [0.4, 0.5) is 0 Å². The topological polar surface area (TPSA) is 27.7 Å². The zero-order valence-electron chi connectivity index (χ0n) is 14.9. The van der Waals surface area contributed by atoms with Gasteiger partial charge in [-0.25, -0.2) is 0 Å². The smallest absolute Gasteiger partial charge is 0.163 e. The quantitative estimate of drug-likeness (QED) is 0.673. The van der Waals surface area contributed by atoms with E-state index in [2.05, 4.69) is 30.8 Å². The largest absolute Gasteiger partial charge is 0.362 e. The van der Waals surface area contributed by atoms with Gasteiger partial charge in [0, 0.05) is 0 Å². The zero-order valence-corrected chi connectivity index (χ0v) is 14.9. The molecule has 1 fully saturated rings. The lowest BCUT2D eigenvalue weighted by Crippen LogP contribution is -2.34. The molecule has 25 heavy (non-hydrogen) atoms. The fraction of sp³-hybridized carbons (Fsp3) is 0.364. The lowest BCUT2D eigenvalue weighted by atomic mass is 10.0. The van der Waals surface area contributed by atoms with Crippen LogP contribution in [0.3, 0.4) is 0 Å². The first-order chi connectivity index (χ1) is 12.1. The average Bonchev–Trinajstić information content (AvgIpc) is 3.00. The summed E-state index contributed by atoms with van der Waals surface area (Å²) in [4.78, 5) is 0. The van der Waals surface area contributed by atoms with Gasteiger partial charge in [-0.3, -0.25) is 0 Å². The molecule has 1 aliphatic heterocycles. The van der Waals surface area contributed by atoms with Crippen LogP contribution < -0.4 is 0 Å². The molecule has 0 N–H and O–H groups in total. The van der Waals surface area contributed by atoms with E-state index in [4.69, 9.17) is 14.2 Å². The normalized spacial score (nSPS) is 20.5. The lowest BCUT2D eigenvalue weighted by molar-refractivity contribution is -0.160.